The largest absolute Gasteiger partial charge is 0.490 e. The topological polar surface area (TPSA) is 105 Å². The molecule has 1 saturated carbocycles. The minimum Gasteiger partial charge on any atom is -0.490 e. The molecule has 4 heterocycles. The molecule has 6 rings (SSSR count). The van der Waals surface area contributed by atoms with Crippen LogP contribution in [0.4, 0.5) is 5.82 Å². The van der Waals surface area contributed by atoms with Gasteiger partial charge in [-0.15, -0.1) is 0 Å². The third-order valence-corrected chi connectivity index (χ3v) is 7.64. The molecule has 2 aromatic heterocycles. The van der Waals surface area contributed by atoms with Gasteiger partial charge in [0.05, 0.1) is 24.4 Å². The Labute approximate surface area is 198 Å². The van der Waals surface area contributed by atoms with Gasteiger partial charge in [0, 0.05) is 48.1 Å². The molecule has 0 radical (unpaired) electrons. The summed E-state index contributed by atoms with van der Waals surface area (Å²) in [5.41, 5.74) is 3.21. The lowest BCUT2D eigenvalue weighted by Gasteiger charge is -2.43. The Morgan fingerprint density at radius 2 is 2.03 bits per heavy atom. The van der Waals surface area contributed by atoms with Crippen molar-refractivity contribution in [3.63, 3.8) is 0 Å². The van der Waals surface area contributed by atoms with E-state index < -0.39 is 0 Å². The number of piperidine rings is 1. The first-order valence-corrected chi connectivity index (χ1v) is 12.0. The number of ether oxygens (including phenoxy) is 1. The van der Waals surface area contributed by atoms with Crippen LogP contribution in [0.5, 0.6) is 5.75 Å². The fraction of sp³-hybridized carbons (Fsp3) is 0.480. The SMILES string of the molecule is CN1CC[C@H]2C[C@H]1C(=O)NCC1(CCC1)COc1c(-c3cncnc3)ccc3ncc(nc13)N2. The Hall–Kier alpha value is -3.33. The number of rotatable bonds is 1. The zero-order valence-corrected chi connectivity index (χ0v) is 19.3. The van der Waals surface area contributed by atoms with E-state index in [1.54, 1.807) is 18.6 Å². The number of fused-ring (bicyclic) bond motifs is 3. The van der Waals surface area contributed by atoms with Crippen molar-refractivity contribution in [3.8, 4) is 16.9 Å². The van der Waals surface area contributed by atoms with Crippen LogP contribution < -0.4 is 15.4 Å². The first-order valence-electron chi connectivity index (χ1n) is 12.0. The minimum absolute atomic E-state index is 0.0671. The van der Waals surface area contributed by atoms with E-state index in [0.717, 1.165) is 60.8 Å². The number of likely N-dealkylation sites (tertiary alicyclic amines) is 1. The standard InChI is InChI=1S/C25H29N7O2/c1-32-8-5-17-9-20(32)24(33)29-13-25(6-2-7-25)14-34-23-18(16-10-26-15-27-11-16)3-4-19-22(23)31-21(30-17)12-28-19/h3-4,10-12,15,17,20H,2,5-9,13-14H2,1H3,(H,29,33)(H,30,31)/t17-,20-/m0/s1. The third-order valence-electron chi connectivity index (χ3n) is 7.64. The fourth-order valence-corrected chi connectivity index (χ4v) is 5.33. The van der Waals surface area contributed by atoms with E-state index in [1.807, 2.05) is 19.2 Å². The van der Waals surface area contributed by atoms with Crippen LogP contribution >= 0.6 is 0 Å². The molecule has 1 saturated heterocycles. The van der Waals surface area contributed by atoms with Crippen molar-refractivity contribution in [2.75, 3.05) is 32.1 Å². The summed E-state index contributed by atoms with van der Waals surface area (Å²) in [5.74, 6) is 1.49. The summed E-state index contributed by atoms with van der Waals surface area (Å²) in [7, 11) is 2.03. The zero-order valence-electron chi connectivity index (χ0n) is 19.3. The molecule has 2 aliphatic heterocycles. The van der Waals surface area contributed by atoms with Gasteiger partial charge in [0.2, 0.25) is 5.91 Å². The van der Waals surface area contributed by atoms with Crippen LogP contribution in [0.2, 0.25) is 0 Å². The Balaban J connectivity index is 1.46. The molecule has 2 atom stereocenters. The van der Waals surface area contributed by atoms with Crippen molar-refractivity contribution < 1.29 is 9.53 Å². The fourth-order valence-electron chi connectivity index (χ4n) is 5.33. The summed E-state index contributed by atoms with van der Waals surface area (Å²) < 4.78 is 6.56. The number of hydrogen-bond donors (Lipinski definition) is 2. The molecule has 0 unspecified atom stereocenters. The average Bonchev–Trinajstić information content (AvgIpc) is 2.84. The van der Waals surface area contributed by atoms with Crippen molar-refractivity contribution >= 4 is 22.8 Å². The van der Waals surface area contributed by atoms with Crippen molar-refractivity contribution in [3.05, 3.63) is 37.1 Å². The van der Waals surface area contributed by atoms with Crippen molar-refractivity contribution in [1.29, 1.82) is 0 Å². The molecule has 1 aliphatic carbocycles. The summed E-state index contributed by atoms with van der Waals surface area (Å²) in [4.78, 5) is 33.3. The smallest absolute Gasteiger partial charge is 0.237 e. The van der Waals surface area contributed by atoms with Crippen molar-refractivity contribution in [2.24, 2.45) is 5.41 Å². The number of nitrogens with one attached hydrogen (secondary N) is 2. The van der Waals surface area contributed by atoms with E-state index >= 15 is 0 Å². The van der Waals surface area contributed by atoms with Gasteiger partial charge in [-0.25, -0.2) is 15.0 Å². The first-order chi connectivity index (χ1) is 16.6. The van der Waals surface area contributed by atoms with Crippen LogP contribution in [-0.2, 0) is 4.79 Å². The summed E-state index contributed by atoms with van der Waals surface area (Å²) in [6.07, 6.45) is 11.7. The second kappa shape index (κ2) is 8.47. The molecule has 9 heteroatoms. The molecular weight excluding hydrogens is 430 g/mol. The molecule has 1 amide bonds. The van der Waals surface area contributed by atoms with Crippen LogP contribution in [0.1, 0.15) is 32.1 Å². The number of carbonyl (C=O) groups is 1. The third kappa shape index (κ3) is 3.83. The van der Waals surface area contributed by atoms with Gasteiger partial charge in [0.1, 0.15) is 17.7 Å². The molecule has 2 N–H and O–H groups in total. The molecule has 1 spiro atoms. The number of anilines is 1. The maximum atomic E-state index is 13.1. The molecule has 34 heavy (non-hydrogen) atoms. The summed E-state index contributed by atoms with van der Waals surface area (Å²) >= 11 is 0. The van der Waals surface area contributed by atoms with Gasteiger partial charge in [-0.05, 0) is 44.9 Å². The Bertz CT molecular complexity index is 1210. The van der Waals surface area contributed by atoms with E-state index in [0.29, 0.717) is 24.7 Å². The quantitative estimate of drug-likeness (QED) is 0.572. The van der Waals surface area contributed by atoms with E-state index in [1.165, 1.54) is 6.33 Å². The first kappa shape index (κ1) is 21.2. The lowest BCUT2D eigenvalue weighted by atomic mass is 9.69. The number of amides is 1. The van der Waals surface area contributed by atoms with Gasteiger partial charge >= 0.3 is 0 Å². The van der Waals surface area contributed by atoms with Crippen LogP contribution in [-0.4, -0.2) is 69.6 Å². The highest BCUT2D eigenvalue weighted by atomic mass is 16.5. The molecule has 3 aromatic rings. The monoisotopic (exact) mass is 459 g/mol. The van der Waals surface area contributed by atoms with Crippen LogP contribution in [0, 0.1) is 5.41 Å². The maximum Gasteiger partial charge on any atom is 0.237 e. The number of carbonyl (C=O) groups excluding carboxylic acids is 1. The van der Waals surface area contributed by atoms with Gasteiger partial charge in [-0.1, -0.05) is 6.42 Å². The van der Waals surface area contributed by atoms with Crippen LogP contribution in [0.15, 0.2) is 37.1 Å². The number of aromatic nitrogens is 4. The zero-order chi connectivity index (χ0) is 23.1. The Morgan fingerprint density at radius 1 is 1.18 bits per heavy atom. The average molecular weight is 460 g/mol. The number of hydrogen-bond acceptors (Lipinski definition) is 8. The van der Waals surface area contributed by atoms with E-state index in [-0.39, 0.29) is 23.4 Å². The second-order valence-electron chi connectivity index (χ2n) is 9.91. The molecule has 4 bridgehead atoms. The molecule has 1 aromatic carbocycles. The summed E-state index contributed by atoms with van der Waals surface area (Å²) in [6, 6.07) is 3.96. The molecule has 3 aliphatic rings. The highest BCUT2D eigenvalue weighted by Gasteiger charge is 2.40. The molecule has 2 fully saturated rings. The maximum absolute atomic E-state index is 13.1. The number of nitrogens with zero attached hydrogens (tertiary/aromatic N) is 5. The Morgan fingerprint density at radius 3 is 2.82 bits per heavy atom. The van der Waals surface area contributed by atoms with Gasteiger partial charge in [-0.2, -0.15) is 0 Å². The number of benzene rings is 1. The van der Waals surface area contributed by atoms with Crippen LogP contribution in [0.25, 0.3) is 22.2 Å². The predicted molar refractivity (Wildman–Crippen MR) is 128 cm³/mol. The predicted octanol–water partition coefficient (Wildman–Crippen LogP) is 2.64. The van der Waals surface area contributed by atoms with E-state index in [9.17, 15) is 4.79 Å². The van der Waals surface area contributed by atoms with E-state index in [2.05, 4.69) is 30.5 Å². The lowest BCUT2D eigenvalue weighted by Crippen LogP contribution is -2.55. The van der Waals surface area contributed by atoms with E-state index in [4.69, 9.17) is 9.72 Å². The highest BCUT2D eigenvalue weighted by molar-refractivity contribution is 5.90. The van der Waals surface area contributed by atoms with Gasteiger partial charge < -0.3 is 15.4 Å². The summed E-state index contributed by atoms with van der Waals surface area (Å²) in [5, 5.41) is 6.78. The molecule has 9 nitrogen and oxygen atoms in total. The van der Waals surface area contributed by atoms with Gasteiger partial charge in [-0.3, -0.25) is 14.7 Å². The molecule has 176 valence electrons. The van der Waals surface area contributed by atoms with Crippen molar-refractivity contribution in [1.82, 2.24) is 30.2 Å². The Kier molecular flexibility index (Phi) is 5.28. The minimum atomic E-state index is -0.152. The van der Waals surface area contributed by atoms with Crippen LogP contribution in [0.3, 0.4) is 0 Å². The molecular formula is C25H29N7O2. The number of likely N-dealkylation sites (N-methyl/N-ethyl adjacent to an activating group) is 1. The van der Waals surface area contributed by atoms with Gasteiger partial charge in [0.25, 0.3) is 0 Å². The lowest BCUT2D eigenvalue weighted by molar-refractivity contribution is -0.128. The highest BCUT2D eigenvalue weighted by Crippen LogP contribution is 2.43. The van der Waals surface area contributed by atoms with Crippen molar-refractivity contribution in [2.45, 2.75) is 44.2 Å². The normalized spacial score (nSPS) is 24.6. The van der Waals surface area contributed by atoms with Gasteiger partial charge in [0.15, 0.2) is 5.75 Å². The summed E-state index contributed by atoms with van der Waals surface area (Å²) in [6.45, 7) is 1.99. The second-order valence-corrected chi connectivity index (χ2v) is 9.91.